The number of likely N-dealkylation sites (N-methyl/N-ethyl adjacent to an activating group) is 1. The van der Waals surface area contributed by atoms with Crippen molar-refractivity contribution in [1.29, 1.82) is 0 Å². The zero-order chi connectivity index (χ0) is 18.9. The second-order valence-corrected chi connectivity index (χ2v) is 6.85. The molecule has 0 saturated carbocycles. The lowest BCUT2D eigenvalue weighted by molar-refractivity contribution is -0.136. The number of hydrogen-bond donors (Lipinski definition) is 1. The van der Waals surface area contributed by atoms with Gasteiger partial charge in [-0.2, -0.15) is 0 Å². The molecule has 2 rings (SSSR count). The van der Waals surface area contributed by atoms with Crippen LogP contribution in [0.1, 0.15) is 44.6 Å². The quantitative estimate of drug-likeness (QED) is 0.722. The van der Waals surface area contributed by atoms with Crippen molar-refractivity contribution in [3.8, 4) is 0 Å². The maximum Gasteiger partial charge on any atom is 0.410 e. The number of unbranched alkanes of at least 4 members (excludes halogenated alkanes) is 3. The van der Waals surface area contributed by atoms with E-state index in [1.807, 2.05) is 30.3 Å². The highest BCUT2D eigenvalue weighted by atomic mass is 16.6. The first kappa shape index (κ1) is 20.2. The van der Waals surface area contributed by atoms with Crippen LogP contribution in [0.5, 0.6) is 0 Å². The molecule has 1 heterocycles. The van der Waals surface area contributed by atoms with E-state index < -0.39 is 18.2 Å². The first-order chi connectivity index (χ1) is 12.5. The van der Waals surface area contributed by atoms with Crippen LogP contribution in [0.15, 0.2) is 30.3 Å². The summed E-state index contributed by atoms with van der Waals surface area (Å²) in [6, 6.07) is 8.55. The molecule has 2 amide bonds. The Bertz CT molecular complexity index is 578. The van der Waals surface area contributed by atoms with Gasteiger partial charge in [-0.1, -0.05) is 56.5 Å². The summed E-state index contributed by atoms with van der Waals surface area (Å²) in [5, 5.41) is 10.2. The van der Waals surface area contributed by atoms with E-state index in [1.165, 1.54) is 4.90 Å². The highest BCUT2D eigenvalue weighted by Gasteiger charge is 2.43. The molecule has 1 fully saturated rings. The Labute approximate surface area is 155 Å². The highest BCUT2D eigenvalue weighted by Crippen LogP contribution is 2.21. The Hall–Kier alpha value is -2.08. The fourth-order valence-corrected chi connectivity index (χ4v) is 3.19. The Morgan fingerprint density at radius 3 is 2.65 bits per heavy atom. The number of hydrogen-bond acceptors (Lipinski definition) is 4. The number of ether oxygens (including phenoxy) is 1. The van der Waals surface area contributed by atoms with E-state index in [2.05, 4.69) is 6.92 Å². The maximum absolute atomic E-state index is 12.7. The smallest absolute Gasteiger partial charge is 0.410 e. The third-order valence-corrected chi connectivity index (χ3v) is 4.78. The number of amides is 2. The van der Waals surface area contributed by atoms with Crippen molar-refractivity contribution in [2.24, 2.45) is 0 Å². The van der Waals surface area contributed by atoms with E-state index in [9.17, 15) is 14.7 Å². The molecule has 0 bridgehead atoms. The summed E-state index contributed by atoms with van der Waals surface area (Å²) in [4.78, 5) is 28.1. The largest absolute Gasteiger partial charge is 0.445 e. The zero-order valence-corrected chi connectivity index (χ0v) is 15.8. The minimum absolute atomic E-state index is 0.153. The van der Waals surface area contributed by atoms with Crippen LogP contribution in [-0.4, -0.2) is 59.2 Å². The van der Waals surface area contributed by atoms with Crippen molar-refractivity contribution in [2.75, 3.05) is 20.1 Å². The van der Waals surface area contributed by atoms with E-state index in [0.717, 1.165) is 31.2 Å². The van der Waals surface area contributed by atoms with E-state index in [4.69, 9.17) is 4.74 Å². The lowest BCUT2D eigenvalue weighted by atomic mass is 10.1. The van der Waals surface area contributed by atoms with E-state index in [-0.39, 0.29) is 12.5 Å². The molecule has 0 spiro atoms. The number of nitrogens with zero attached hydrogens (tertiary/aromatic N) is 2. The van der Waals surface area contributed by atoms with E-state index in [1.54, 1.807) is 11.9 Å². The molecule has 1 unspecified atom stereocenters. The zero-order valence-electron chi connectivity index (χ0n) is 15.8. The minimum Gasteiger partial charge on any atom is -0.445 e. The first-order valence-corrected chi connectivity index (χ1v) is 9.45. The van der Waals surface area contributed by atoms with Crippen LogP contribution in [-0.2, 0) is 16.1 Å². The summed E-state index contributed by atoms with van der Waals surface area (Å²) in [5.41, 5.74) is 0.886. The van der Waals surface area contributed by atoms with Crippen molar-refractivity contribution >= 4 is 12.0 Å². The number of aliphatic hydroxyl groups is 1. The Kier molecular flexibility index (Phi) is 7.91. The summed E-state index contributed by atoms with van der Waals surface area (Å²) in [6.45, 7) is 3.26. The van der Waals surface area contributed by atoms with Gasteiger partial charge in [-0.05, 0) is 18.4 Å². The minimum atomic E-state index is -0.852. The van der Waals surface area contributed by atoms with Crippen LogP contribution >= 0.6 is 0 Å². The summed E-state index contributed by atoms with van der Waals surface area (Å²) >= 11 is 0. The van der Waals surface area contributed by atoms with Gasteiger partial charge >= 0.3 is 6.09 Å². The molecule has 2 atom stereocenters. The van der Waals surface area contributed by atoms with Crippen LogP contribution in [0, 0.1) is 0 Å². The van der Waals surface area contributed by atoms with Crippen molar-refractivity contribution in [3.63, 3.8) is 0 Å². The second kappa shape index (κ2) is 10.2. The predicted molar refractivity (Wildman–Crippen MR) is 99.5 cm³/mol. The van der Waals surface area contributed by atoms with Gasteiger partial charge in [0.15, 0.2) is 0 Å². The summed E-state index contributed by atoms with van der Waals surface area (Å²) < 4.78 is 5.34. The molecule has 1 aromatic rings. The number of rotatable bonds is 8. The van der Waals surface area contributed by atoms with Gasteiger partial charge in [0.05, 0.1) is 6.10 Å². The third-order valence-electron chi connectivity index (χ3n) is 4.78. The van der Waals surface area contributed by atoms with Crippen LogP contribution in [0.2, 0.25) is 0 Å². The molecule has 1 saturated heterocycles. The predicted octanol–water partition coefficient (Wildman–Crippen LogP) is 2.80. The van der Waals surface area contributed by atoms with Gasteiger partial charge < -0.3 is 14.7 Å². The van der Waals surface area contributed by atoms with Crippen LogP contribution in [0.4, 0.5) is 4.79 Å². The van der Waals surface area contributed by atoms with Gasteiger partial charge in [-0.3, -0.25) is 9.69 Å². The monoisotopic (exact) mass is 362 g/mol. The Balaban J connectivity index is 1.90. The Morgan fingerprint density at radius 2 is 1.96 bits per heavy atom. The molecule has 0 radical (unpaired) electrons. The lowest BCUT2D eigenvalue weighted by Crippen LogP contribution is -2.50. The van der Waals surface area contributed by atoms with Crippen molar-refractivity contribution in [3.05, 3.63) is 35.9 Å². The molecular weight excluding hydrogens is 332 g/mol. The molecular formula is C20H30N2O4. The van der Waals surface area contributed by atoms with Crippen LogP contribution in [0.25, 0.3) is 0 Å². The number of likely N-dealkylation sites (tertiary alicyclic amines) is 1. The molecule has 1 aromatic carbocycles. The summed E-state index contributed by atoms with van der Waals surface area (Å²) in [7, 11) is 1.73. The molecule has 0 aromatic heterocycles. The molecule has 6 heteroatoms. The summed E-state index contributed by atoms with van der Waals surface area (Å²) in [5.74, 6) is -0.219. The number of benzene rings is 1. The average Bonchev–Trinajstić information content (AvgIpc) is 3.04. The van der Waals surface area contributed by atoms with Gasteiger partial charge in [0.1, 0.15) is 12.6 Å². The maximum atomic E-state index is 12.7. The van der Waals surface area contributed by atoms with Gasteiger partial charge in [-0.25, -0.2) is 4.79 Å². The first-order valence-electron chi connectivity index (χ1n) is 9.45. The van der Waals surface area contributed by atoms with Gasteiger partial charge in [0.2, 0.25) is 5.91 Å². The van der Waals surface area contributed by atoms with Crippen molar-refractivity contribution < 1.29 is 19.4 Å². The number of carbonyl (C=O) groups is 2. The van der Waals surface area contributed by atoms with Crippen molar-refractivity contribution in [1.82, 2.24) is 9.80 Å². The average molecular weight is 362 g/mol. The van der Waals surface area contributed by atoms with Crippen LogP contribution in [0.3, 0.4) is 0 Å². The van der Waals surface area contributed by atoms with Gasteiger partial charge in [0, 0.05) is 20.1 Å². The topological polar surface area (TPSA) is 70.1 Å². The van der Waals surface area contributed by atoms with E-state index >= 15 is 0 Å². The number of aliphatic hydroxyl groups excluding tert-OH is 1. The fourth-order valence-electron chi connectivity index (χ4n) is 3.19. The normalized spacial score (nSPS) is 19.4. The molecule has 6 nitrogen and oxygen atoms in total. The molecule has 1 N–H and O–H groups in total. The second-order valence-electron chi connectivity index (χ2n) is 6.85. The lowest BCUT2D eigenvalue weighted by Gasteiger charge is -2.29. The van der Waals surface area contributed by atoms with Crippen LogP contribution < -0.4 is 0 Å². The van der Waals surface area contributed by atoms with Gasteiger partial charge in [-0.15, -0.1) is 0 Å². The molecule has 144 valence electrons. The molecule has 0 aliphatic carbocycles. The van der Waals surface area contributed by atoms with E-state index in [0.29, 0.717) is 19.5 Å². The summed E-state index contributed by atoms with van der Waals surface area (Å²) in [6.07, 6.45) is 3.28. The number of carbonyl (C=O) groups excluding carboxylic acids is 2. The molecule has 1 aliphatic rings. The highest BCUT2D eigenvalue weighted by molar-refractivity contribution is 5.86. The third kappa shape index (κ3) is 5.46. The Morgan fingerprint density at radius 1 is 1.23 bits per heavy atom. The standard InChI is InChI=1S/C20H30N2O4/c1-3-4-5-9-13-21(2)19(24)18-17(23)12-14-22(18)20(25)26-15-16-10-7-6-8-11-16/h6-8,10-11,17-18,23H,3-5,9,12-15H2,1-2H3/t17?,18-/m0/s1. The molecule has 26 heavy (non-hydrogen) atoms. The van der Waals surface area contributed by atoms with Crippen molar-refractivity contribution in [2.45, 2.75) is 57.8 Å². The van der Waals surface area contributed by atoms with Gasteiger partial charge in [0.25, 0.3) is 0 Å². The fraction of sp³-hybridized carbons (Fsp3) is 0.600. The SMILES string of the molecule is CCCCCCN(C)C(=O)[C@@H]1C(O)CCN1C(=O)OCc1ccccc1. The molecule has 1 aliphatic heterocycles.